The highest BCUT2D eigenvalue weighted by molar-refractivity contribution is 9.10. The minimum atomic E-state index is -0.484. The normalized spacial score (nSPS) is 16.3. The van der Waals surface area contributed by atoms with E-state index in [9.17, 15) is 10.1 Å². The lowest BCUT2D eigenvalue weighted by Crippen LogP contribution is -2.19. The summed E-state index contributed by atoms with van der Waals surface area (Å²) in [5.74, 6) is 0.443. The number of hydrogen-bond donors (Lipinski definition) is 1. The summed E-state index contributed by atoms with van der Waals surface area (Å²) in [7, 11) is 0. The molecule has 2 rings (SSSR count). The van der Waals surface area contributed by atoms with Crippen LogP contribution in [0.15, 0.2) is 47.4 Å². The molecule has 0 aromatic carbocycles. The molecule has 0 saturated heterocycles. The molecule has 17 heavy (non-hydrogen) atoms. The first-order valence-electron chi connectivity index (χ1n) is 4.81. The maximum atomic E-state index is 10.4. The predicted octanol–water partition coefficient (Wildman–Crippen LogP) is 1.80. The number of nitro groups is 1. The Morgan fingerprint density at radius 2 is 2.41 bits per heavy atom. The van der Waals surface area contributed by atoms with Gasteiger partial charge in [-0.3, -0.25) is 10.1 Å². The summed E-state index contributed by atoms with van der Waals surface area (Å²) < 4.78 is 0.761. The van der Waals surface area contributed by atoms with Crippen LogP contribution in [0.1, 0.15) is 5.56 Å². The van der Waals surface area contributed by atoms with Crippen molar-refractivity contribution >= 4 is 15.9 Å². The summed E-state index contributed by atoms with van der Waals surface area (Å²) in [4.78, 5) is 15.8. The Balaban J connectivity index is 2.10. The van der Waals surface area contributed by atoms with Crippen molar-refractivity contribution in [2.24, 2.45) is 0 Å². The smallest absolute Gasteiger partial charge is 0.274 e. The number of aromatic nitrogens is 1. The van der Waals surface area contributed by atoms with Crippen LogP contribution in [0.3, 0.4) is 0 Å². The highest BCUT2D eigenvalue weighted by Gasteiger charge is 2.15. The molecule has 0 atom stereocenters. The van der Waals surface area contributed by atoms with Gasteiger partial charge < -0.3 is 10.2 Å². The van der Waals surface area contributed by atoms with Crippen LogP contribution in [-0.4, -0.2) is 14.8 Å². The number of hydrogen-bond acceptors (Lipinski definition) is 5. The van der Waals surface area contributed by atoms with Crippen molar-refractivity contribution in [2.75, 3.05) is 0 Å². The Hall–Kier alpha value is -1.89. The zero-order valence-corrected chi connectivity index (χ0v) is 10.3. The second-order valence-electron chi connectivity index (χ2n) is 3.38. The van der Waals surface area contributed by atoms with Crippen molar-refractivity contribution in [1.82, 2.24) is 15.2 Å². The van der Waals surface area contributed by atoms with Crippen molar-refractivity contribution in [3.05, 3.63) is 63.0 Å². The van der Waals surface area contributed by atoms with Crippen molar-refractivity contribution in [3.8, 4) is 0 Å². The average Bonchev–Trinajstić information content (AvgIpc) is 2.68. The Kier molecular flexibility index (Phi) is 3.38. The van der Waals surface area contributed by atoms with E-state index in [0.29, 0.717) is 12.4 Å². The lowest BCUT2D eigenvalue weighted by atomic mass is 10.3. The van der Waals surface area contributed by atoms with Gasteiger partial charge in [-0.25, -0.2) is 4.98 Å². The molecule has 1 aromatic rings. The first-order chi connectivity index (χ1) is 8.15. The van der Waals surface area contributed by atoms with Gasteiger partial charge in [0.2, 0.25) is 0 Å². The van der Waals surface area contributed by atoms with Crippen molar-refractivity contribution < 1.29 is 4.92 Å². The van der Waals surface area contributed by atoms with Crippen molar-refractivity contribution in [3.63, 3.8) is 0 Å². The van der Waals surface area contributed by atoms with Crippen LogP contribution in [0.5, 0.6) is 0 Å². The van der Waals surface area contributed by atoms with Crippen LogP contribution in [0.2, 0.25) is 0 Å². The zero-order valence-electron chi connectivity index (χ0n) is 8.71. The lowest BCUT2D eigenvalue weighted by molar-refractivity contribution is -0.404. The number of nitrogens with zero attached hydrogens (tertiary/aromatic N) is 3. The summed E-state index contributed by atoms with van der Waals surface area (Å²) in [6.07, 6.45) is 6.06. The van der Waals surface area contributed by atoms with Gasteiger partial charge >= 0.3 is 0 Å². The maximum Gasteiger partial charge on any atom is 0.274 e. The van der Waals surface area contributed by atoms with Gasteiger partial charge in [-0.05, 0) is 27.6 Å². The fraction of sp³-hybridized carbons (Fsp3) is 0.100. The minimum Gasteiger partial charge on any atom is -0.341 e. The first-order valence-corrected chi connectivity index (χ1v) is 5.60. The van der Waals surface area contributed by atoms with Gasteiger partial charge in [0.15, 0.2) is 5.82 Å². The molecule has 0 unspecified atom stereocenters. The van der Waals surface area contributed by atoms with E-state index in [-0.39, 0.29) is 0 Å². The molecule has 2 heterocycles. The summed E-state index contributed by atoms with van der Waals surface area (Å²) in [6.45, 7) is 0.531. The molecule has 7 heteroatoms. The predicted molar refractivity (Wildman–Crippen MR) is 64.8 cm³/mol. The molecular formula is C10H9BrN4O2. The number of pyridine rings is 1. The van der Waals surface area contributed by atoms with Gasteiger partial charge in [-0.15, -0.1) is 0 Å². The van der Waals surface area contributed by atoms with E-state index in [4.69, 9.17) is 0 Å². The van der Waals surface area contributed by atoms with E-state index in [0.717, 1.165) is 16.4 Å². The van der Waals surface area contributed by atoms with E-state index < -0.39 is 4.92 Å². The van der Waals surface area contributed by atoms with E-state index in [1.54, 1.807) is 23.5 Å². The van der Waals surface area contributed by atoms with Gasteiger partial charge in [-0.1, -0.05) is 6.07 Å². The molecule has 0 saturated carbocycles. The third kappa shape index (κ3) is 3.04. The van der Waals surface area contributed by atoms with Gasteiger partial charge in [0.1, 0.15) is 4.60 Å². The summed E-state index contributed by atoms with van der Waals surface area (Å²) in [5, 5.41) is 13.2. The zero-order chi connectivity index (χ0) is 12.3. The van der Waals surface area contributed by atoms with E-state index >= 15 is 0 Å². The summed E-state index contributed by atoms with van der Waals surface area (Å²) in [6, 6.07) is 3.74. The molecule has 0 fully saturated rings. The molecule has 1 aliphatic rings. The van der Waals surface area contributed by atoms with Crippen LogP contribution in [0, 0.1) is 10.1 Å². The Bertz CT molecular complexity index is 484. The third-order valence-electron chi connectivity index (χ3n) is 2.16. The maximum absolute atomic E-state index is 10.4. The largest absolute Gasteiger partial charge is 0.341 e. The minimum absolute atomic E-state index is 0.443. The second-order valence-corrected chi connectivity index (χ2v) is 4.19. The van der Waals surface area contributed by atoms with Crippen molar-refractivity contribution in [2.45, 2.75) is 6.54 Å². The van der Waals surface area contributed by atoms with Crippen molar-refractivity contribution in [1.29, 1.82) is 0 Å². The molecule has 0 bridgehead atoms. The van der Waals surface area contributed by atoms with Gasteiger partial charge in [0, 0.05) is 18.6 Å². The third-order valence-corrected chi connectivity index (χ3v) is 2.63. The quantitative estimate of drug-likeness (QED) is 0.523. The van der Waals surface area contributed by atoms with Crippen LogP contribution in [0.25, 0.3) is 0 Å². The molecule has 0 aliphatic carbocycles. The SMILES string of the molecule is O=[N+]([O-])/C=C1\NC=CN1Cc1ccc(Br)nc1. The fourth-order valence-corrected chi connectivity index (χ4v) is 1.66. The molecule has 0 spiro atoms. The highest BCUT2D eigenvalue weighted by Crippen LogP contribution is 2.14. The van der Waals surface area contributed by atoms with Crippen LogP contribution in [-0.2, 0) is 6.54 Å². The van der Waals surface area contributed by atoms with Crippen LogP contribution >= 0.6 is 15.9 Å². The molecule has 0 radical (unpaired) electrons. The molecule has 1 aromatic heterocycles. The average molecular weight is 297 g/mol. The first kappa shape index (κ1) is 11.6. The van der Waals surface area contributed by atoms with E-state index in [2.05, 4.69) is 26.2 Å². The molecule has 6 nitrogen and oxygen atoms in total. The Labute approximate surface area is 106 Å². The Morgan fingerprint density at radius 1 is 1.59 bits per heavy atom. The van der Waals surface area contributed by atoms with E-state index in [1.807, 2.05) is 12.1 Å². The second kappa shape index (κ2) is 4.96. The lowest BCUT2D eigenvalue weighted by Gasteiger charge is -2.15. The van der Waals surface area contributed by atoms with E-state index in [1.165, 1.54) is 0 Å². The van der Waals surface area contributed by atoms with Gasteiger partial charge in [0.25, 0.3) is 6.20 Å². The highest BCUT2D eigenvalue weighted by atomic mass is 79.9. The monoisotopic (exact) mass is 296 g/mol. The topological polar surface area (TPSA) is 71.3 Å². The number of nitrogens with one attached hydrogen (secondary N) is 1. The van der Waals surface area contributed by atoms with Gasteiger partial charge in [-0.2, -0.15) is 0 Å². The summed E-state index contributed by atoms with van der Waals surface area (Å²) in [5.41, 5.74) is 0.968. The molecular weight excluding hydrogens is 288 g/mol. The number of halogens is 1. The van der Waals surface area contributed by atoms with Crippen LogP contribution in [0.4, 0.5) is 0 Å². The standard InChI is InChI=1S/C10H9BrN4O2/c11-9-2-1-8(5-13-9)6-14-4-3-12-10(14)7-15(16)17/h1-5,7,12H,6H2/b10-7+. The molecule has 0 amide bonds. The van der Waals surface area contributed by atoms with Crippen LogP contribution < -0.4 is 5.32 Å². The molecule has 1 N–H and O–H groups in total. The molecule has 88 valence electrons. The Morgan fingerprint density at radius 3 is 3.06 bits per heavy atom. The van der Waals surface area contributed by atoms with Gasteiger partial charge in [0.05, 0.1) is 11.5 Å². The number of rotatable bonds is 3. The molecule has 1 aliphatic heterocycles. The summed E-state index contributed by atoms with van der Waals surface area (Å²) >= 11 is 3.25. The fourth-order valence-electron chi connectivity index (χ4n) is 1.42.